The minimum atomic E-state index is -0.0772. The first-order chi connectivity index (χ1) is 12.4. The van der Waals surface area contributed by atoms with Crippen molar-refractivity contribution >= 4 is 28.5 Å². The molecule has 0 radical (unpaired) electrons. The summed E-state index contributed by atoms with van der Waals surface area (Å²) in [4.78, 5) is 23.3. The number of rotatable bonds is 5. The monoisotopic (exact) mass is 369 g/mol. The van der Waals surface area contributed by atoms with Gasteiger partial charge < -0.3 is 9.64 Å². The number of hydrogen-bond acceptors (Lipinski definition) is 4. The molecule has 0 saturated heterocycles. The predicted molar refractivity (Wildman–Crippen MR) is 103 cm³/mol. The summed E-state index contributed by atoms with van der Waals surface area (Å²) in [7, 11) is 1.75. The number of aryl methyl sites for hydroxylation is 2. The highest BCUT2D eigenvalue weighted by molar-refractivity contribution is 6.30. The van der Waals surface area contributed by atoms with E-state index in [1.165, 1.54) is 0 Å². The molecule has 3 rings (SSSR count). The summed E-state index contributed by atoms with van der Waals surface area (Å²) in [6, 6.07) is 12.5. The van der Waals surface area contributed by atoms with Crippen molar-refractivity contribution in [2.24, 2.45) is 0 Å². The van der Waals surface area contributed by atoms with Crippen molar-refractivity contribution in [1.82, 2.24) is 14.9 Å². The zero-order valence-corrected chi connectivity index (χ0v) is 15.7. The van der Waals surface area contributed by atoms with Crippen molar-refractivity contribution in [3.63, 3.8) is 0 Å². The molecule has 6 heteroatoms. The highest BCUT2D eigenvalue weighted by atomic mass is 35.5. The van der Waals surface area contributed by atoms with Crippen molar-refractivity contribution < 1.29 is 9.53 Å². The van der Waals surface area contributed by atoms with Crippen LogP contribution in [0.15, 0.2) is 42.5 Å². The Bertz CT molecular complexity index is 942. The molecular formula is C20H20ClN3O2. The number of amides is 1. The molecule has 2 aromatic carbocycles. The first kappa shape index (κ1) is 18.1. The van der Waals surface area contributed by atoms with E-state index in [1.807, 2.05) is 19.9 Å². The molecule has 134 valence electrons. The van der Waals surface area contributed by atoms with Gasteiger partial charge in [-0.3, -0.25) is 4.79 Å². The fraction of sp³-hybridized carbons (Fsp3) is 0.250. The van der Waals surface area contributed by atoms with Crippen LogP contribution < -0.4 is 4.74 Å². The second kappa shape index (κ2) is 7.70. The molecule has 0 aliphatic rings. The van der Waals surface area contributed by atoms with E-state index in [2.05, 4.69) is 9.97 Å². The lowest BCUT2D eigenvalue weighted by Crippen LogP contribution is -2.30. The Kier molecular flexibility index (Phi) is 5.38. The molecule has 0 unspecified atom stereocenters. The van der Waals surface area contributed by atoms with Crippen LogP contribution in [0.25, 0.3) is 11.0 Å². The highest BCUT2D eigenvalue weighted by Crippen LogP contribution is 2.17. The number of carbonyl (C=O) groups excluding carboxylic acids is 1. The number of fused-ring (bicyclic) bond motifs is 1. The summed E-state index contributed by atoms with van der Waals surface area (Å²) >= 11 is 5.85. The molecule has 0 aliphatic carbocycles. The van der Waals surface area contributed by atoms with Crippen molar-refractivity contribution in [3.05, 3.63) is 64.4 Å². The Labute approximate surface area is 157 Å². The van der Waals surface area contributed by atoms with Crippen LogP contribution in [0.1, 0.15) is 21.7 Å². The van der Waals surface area contributed by atoms with Crippen molar-refractivity contribution in [3.8, 4) is 5.75 Å². The van der Waals surface area contributed by atoms with Gasteiger partial charge in [0.05, 0.1) is 29.0 Å². The number of ether oxygens (including phenoxy) is 1. The normalized spacial score (nSPS) is 10.8. The van der Waals surface area contributed by atoms with Crippen LogP contribution in [0.5, 0.6) is 5.75 Å². The second-order valence-corrected chi connectivity index (χ2v) is 6.56. The number of hydrogen-bond donors (Lipinski definition) is 0. The van der Waals surface area contributed by atoms with Crippen LogP contribution in [-0.2, 0) is 0 Å². The molecule has 1 heterocycles. The SMILES string of the molecule is Cc1nc2ccc(C(=O)N(C)CCOc3ccc(Cl)cc3)cc2nc1C. The standard InChI is InChI=1S/C20H20ClN3O2/c1-13-14(2)23-19-12-15(4-9-18(19)22-13)20(25)24(3)10-11-26-17-7-5-16(21)6-8-17/h4-9,12H,10-11H2,1-3H3. The third-order valence-corrected chi connectivity index (χ3v) is 4.43. The Morgan fingerprint density at radius 2 is 1.69 bits per heavy atom. The fourth-order valence-corrected chi connectivity index (χ4v) is 2.64. The van der Waals surface area contributed by atoms with Gasteiger partial charge in [0.25, 0.3) is 5.91 Å². The molecule has 0 aliphatic heterocycles. The third kappa shape index (κ3) is 4.11. The van der Waals surface area contributed by atoms with Gasteiger partial charge in [-0.2, -0.15) is 0 Å². The molecule has 1 aromatic heterocycles. The Balaban J connectivity index is 1.65. The van der Waals surface area contributed by atoms with E-state index in [4.69, 9.17) is 16.3 Å². The highest BCUT2D eigenvalue weighted by Gasteiger charge is 2.13. The van der Waals surface area contributed by atoms with Crippen LogP contribution in [0.3, 0.4) is 0 Å². The van der Waals surface area contributed by atoms with Crippen molar-refractivity contribution in [2.75, 3.05) is 20.2 Å². The molecule has 0 bridgehead atoms. The predicted octanol–water partition coefficient (Wildman–Crippen LogP) is 4.05. The summed E-state index contributed by atoms with van der Waals surface area (Å²) in [5.41, 5.74) is 3.87. The number of benzene rings is 2. The van der Waals surface area contributed by atoms with Gasteiger partial charge in [0, 0.05) is 17.6 Å². The smallest absolute Gasteiger partial charge is 0.253 e. The molecule has 5 nitrogen and oxygen atoms in total. The fourth-order valence-electron chi connectivity index (χ4n) is 2.52. The Morgan fingerprint density at radius 3 is 2.38 bits per heavy atom. The molecule has 3 aromatic rings. The van der Waals surface area contributed by atoms with Gasteiger partial charge in [0.15, 0.2) is 0 Å². The third-order valence-electron chi connectivity index (χ3n) is 4.18. The zero-order valence-electron chi connectivity index (χ0n) is 15.0. The van der Waals surface area contributed by atoms with Gasteiger partial charge in [0.1, 0.15) is 12.4 Å². The van der Waals surface area contributed by atoms with E-state index in [1.54, 1.807) is 48.3 Å². The van der Waals surface area contributed by atoms with Gasteiger partial charge in [-0.1, -0.05) is 11.6 Å². The van der Waals surface area contributed by atoms with Gasteiger partial charge in [-0.05, 0) is 56.3 Å². The van der Waals surface area contributed by atoms with E-state index in [0.29, 0.717) is 23.7 Å². The average molecular weight is 370 g/mol. The lowest BCUT2D eigenvalue weighted by atomic mass is 10.1. The largest absolute Gasteiger partial charge is 0.492 e. The van der Waals surface area contributed by atoms with Crippen LogP contribution in [0.4, 0.5) is 0 Å². The van der Waals surface area contributed by atoms with E-state index < -0.39 is 0 Å². The second-order valence-electron chi connectivity index (χ2n) is 6.13. The van der Waals surface area contributed by atoms with Gasteiger partial charge >= 0.3 is 0 Å². The number of aromatic nitrogens is 2. The molecule has 26 heavy (non-hydrogen) atoms. The van der Waals surface area contributed by atoms with Crippen LogP contribution in [-0.4, -0.2) is 41.0 Å². The first-order valence-electron chi connectivity index (χ1n) is 8.33. The van der Waals surface area contributed by atoms with E-state index in [0.717, 1.165) is 28.2 Å². The topological polar surface area (TPSA) is 55.3 Å². The van der Waals surface area contributed by atoms with E-state index in [-0.39, 0.29) is 5.91 Å². The van der Waals surface area contributed by atoms with Crippen molar-refractivity contribution in [2.45, 2.75) is 13.8 Å². The van der Waals surface area contributed by atoms with Gasteiger partial charge in [0.2, 0.25) is 0 Å². The maximum atomic E-state index is 12.6. The molecule has 1 amide bonds. The number of nitrogens with zero attached hydrogens (tertiary/aromatic N) is 3. The summed E-state index contributed by atoms with van der Waals surface area (Å²) in [6.07, 6.45) is 0. The van der Waals surface area contributed by atoms with E-state index >= 15 is 0 Å². The maximum Gasteiger partial charge on any atom is 0.253 e. The lowest BCUT2D eigenvalue weighted by Gasteiger charge is -2.18. The molecule has 0 N–H and O–H groups in total. The quantitative estimate of drug-likeness (QED) is 0.680. The minimum Gasteiger partial charge on any atom is -0.492 e. The Hall–Kier alpha value is -2.66. The molecular weight excluding hydrogens is 350 g/mol. The lowest BCUT2D eigenvalue weighted by molar-refractivity contribution is 0.0774. The summed E-state index contributed by atoms with van der Waals surface area (Å²) < 4.78 is 5.64. The molecule has 0 fully saturated rings. The minimum absolute atomic E-state index is 0.0772. The summed E-state index contributed by atoms with van der Waals surface area (Å²) in [5.74, 6) is 0.647. The van der Waals surface area contributed by atoms with Crippen molar-refractivity contribution in [1.29, 1.82) is 0 Å². The van der Waals surface area contributed by atoms with Gasteiger partial charge in [-0.25, -0.2) is 9.97 Å². The number of carbonyl (C=O) groups is 1. The molecule has 0 atom stereocenters. The summed E-state index contributed by atoms with van der Waals surface area (Å²) in [6.45, 7) is 4.71. The van der Waals surface area contributed by atoms with Gasteiger partial charge in [-0.15, -0.1) is 0 Å². The number of halogens is 1. The van der Waals surface area contributed by atoms with E-state index in [9.17, 15) is 4.79 Å². The Morgan fingerprint density at radius 1 is 1.04 bits per heavy atom. The van der Waals surface area contributed by atoms with Crippen LogP contribution in [0, 0.1) is 13.8 Å². The zero-order chi connectivity index (χ0) is 18.7. The first-order valence-corrected chi connectivity index (χ1v) is 8.70. The number of likely N-dealkylation sites (N-methyl/N-ethyl adjacent to an activating group) is 1. The summed E-state index contributed by atoms with van der Waals surface area (Å²) in [5, 5.41) is 0.662. The maximum absolute atomic E-state index is 12.6. The molecule has 0 saturated carbocycles. The average Bonchev–Trinajstić information content (AvgIpc) is 2.63. The van der Waals surface area contributed by atoms with Crippen LogP contribution in [0.2, 0.25) is 5.02 Å². The van der Waals surface area contributed by atoms with Crippen LogP contribution >= 0.6 is 11.6 Å². The molecule has 0 spiro atoms.